The molecule has 2 heteroatoms. The molecule has 1 aromatic rings. The highest BCUT2D eigenvalue weighted by Gasteiger charge is 2.43. The van der Waals surface area contributed by atoms with Crippen LogP contribution in [0.2, 0.25) is 5.02 Å². The molecule has 0 radical (unpaired) electrons. The Balaban J connectivity index is 2.03. The fourth-order valence-corrected chi connectivity index (χ4v) is 2.24. The molecular formula is C14H20ClN. The Kier molecular flexibility index (Phi) is 3.56. The van der Waals surface area contributed by atoms with Crippen LogP contribution < -0.4 is 5.32 Å². The Morgan fingerprint density at radius 3 is 2.75 bits per heavy atom. The lowest BCUT2D eigenvalue weighted by Gasteiger charge is -2.20. The topological polar surface area (TPSA) is 12.0 Å². The average molecular weight is 238 g/mol. The fourth-order valence-electron chi connectivity index (χ4n) is 2.05. The zero-order chi connectivity index (χ0) is 11.6. The molecule has 0 amide bonds. The molecule has 88 valence electrons. The van der Waals surface area contributed by atoms with Crippen molar-refractivity contribution < 1.29 is 0 Å². The monoisotopic (exact) mass is 237 g/mol. The Hall–Kier alpha value is -0.530. The van der Waals surface area contributed by atoms with Gasteiger partial charge < -0.3 is 5.32 Å². The molecule has 1 N–H and O–H groups in total. The lowest BCUT2D eigenvalue weighted by Crippen LogP contribution is -2.33. The number of nitrogens with one attached hydrogen (secondary N) is 1. The molecule has 16 heavy (non-hydrogen) atoms. The van der Waals surface area contributed by atoms with Crippen LogP contribution in [0.5, 0.6) is 0 Å². The molecule has 0 saturated heterocycles. The van der Waals surface area contributed by atoms with Crippen molar-refractivity contribution in [3.63, 3.8) is 0 Å². The van der Waals surface area contributed by atoms with Crippen molar-refractivity contribution >= 4 is 11.6 Å². The van der Waals surface area contributed by atoms with E-state index < -0.39 is 0 Å². The maximum atomic E-state index is 6.05. The second-order valence-electron chi connectivity index (χ2n) is 4.98. The summed E-state index contributed by atoms with van der Waals surface area (Å²) < 4.78 is 0. The largest absolute Gasteiger partial charge is 0.313 e. The van der Waals surface area contributed by atoms with Gasteiger partial charge in [-0.15, -0.1) is 0 Å². The van der Waals surface area contributed by atoms with Crippen molar-refractivity contribution in [1.82, 2.24) is 5.32 Å². The second kappa shape index (κ2) is 4.77. The van der Waals surface area contributed by atoms with Crippen molar-refractivity contribution in [2.24, 2.45) is 0 Å². The van der Waals surface area contributed by atoms with Gasteiger partial charge >= 0.3 is 0 Å². The molecule has 0 spiro atoms. The maximum Gasteiger partial charge on any atom is 0.0408 e. The van der Waals surface area contributed by atoms with Gasteiger partial charge in [0.05, 0.1) is 0 Å². The van der Waals surface area contributed by atoms with Gasteiger partial charge in [-0.05, 0) is 43.9 Å². The van der Waals surface area contributed by atoms with Gasteiger partial charge in [0.2, 0.25) is 0 Å². The summed E-state index contributed by atoms with van der Waals surface area (Å²) in [7, 11) is 0. The molecule has 1 aromatic carbocycles. The first-order valence-corrected chi connectivity index (χ1v) is 6.53. The number of rotatable bonds is 5. The fraction of sp³-hybridized carbons (Fsp3) is 0.571. The molecule has 0 heterocycles. The van der Waals surface area contributed by atoms with E-state index >= 15 is 0 Å². The molecular weight excluding hydrogens is 218 g/mol. The van der Waals surface area contributed by atoms with Crippen LogP contribution in [0.25, 0.3) is 0 Å². The van der Waals surface area contributed by atoms with Crippen LogP contribution in [0.15, 0.2) is 24.3 Å². The summed E-state index contributed by atoms with van der Waals surface area (Å²) in [5.41, 5.74) is 1.77. The van der Waals surface area contributed by atoms with Crippen LogP contribution in [0.3, 0.4) is 0 Å². The van der Waals surface area contributed by atoms with E-state index in [9.17, 15) is 0 Å². The normalized spacial score (nSPS) is 19.4. The lowest BCUT2D eigenvalue weighted by molar-refractivity contribution is 0.487. The Bertz CT molecular complexity index is 358. The number of benzene rings is 1. The van der Waals surface area contributed by atoms with Crippen molar-refractivity contribution in [1.29, 1.82) is 0 Å². The third-order valence-corrected chi connectivity index (χ3v) is 3.93. The highest BCUT2D eigenvalue weighted by atomic mass is 35.5. The Labute approximate surface area is 103 Å². The van der Waals surface area contributed by atoms with E-state index in [0.29, 0.717) is 11.5 Å². The molecule has 1 aliphatic rings. The maximum absolute atomic E-state index is 6.05. The first kappa shape index (κ1) is 11.9. The molecule has 0 aromatic heterocycles. The Morgan fingerprint density at radius 1 is 1.44 bits per heavy atom. The predicted molar refractivity (Wildman–Crippen MR) is 70.1 cm³/mol. The molecule has 1 unspecified atom stereocenters. The molecule has 1 fully saturated rings. The molecule has 1 nitrogen and oxygen atoms in total. The predicted octanol–water partition coefficient (Wildman–Crippen LogP) is 3.76. The summed E-state index contributed by atoms with van der Waals surface area (Å²) in [6, 6.07) is 8.94. The Morgan fingerprint density at radius 2 is 2.19 bits per heavy atom. The number of hydrogen-bond donors (Lipinski definition) is 1. The minimum absolute atomic E-state index is 0.369. The van der Waals surface area contributed by atoms with Gasteiger partial charge in [-0.3, -0.25) is 0 Å². The third kappa shape index (κ3) is 2.58. The average Bonchev–Trinajstić information content (AvgIpc) is 3.07. The standard InChI is InChI=1S/C14H20ClN/c1-3-11(2)16-10-14(7-8-14)12-5-4-6-13(15)9-12/h4-6,9,11,16H,3,7-8,10H2,1-2H3. The van der Waals surface area contributed by atoms with Gasteiger partial charge in [0.1, 0.15) is 0 Å². The van der Waals surface area contributed by atoms with Gasteiger partial charge in [-0.25, -0.2) is 0 Å². The summed E-state index contributed by atoms with van der Waals surface area (Å²) in [5.74, 6) is 0. The van der Waals surface area contributed by atoms with E-state index in [0.717, 1.165) is 11.6 Å². The summed E-state index contributed by atoms with van der Waals surface area (Å²) in [6.45, 7) is 5.55. The van der Waals surface area contributed by atoms with Gasteiger partial charge in [-0.2, -0.15) is 0 Å². The molecule has 1 saturated carbocycles. The van der Waals surface area contributed by atoms with Crippen LogP contribution in [0.4, 0.5) is 0 Å². The minimum Gasteiger partial charge on any atom is -0.313 e. The molecule has 1 atom stereocenters. The van der Waals surface area contributed by atoms with Crippen molar-refractivity contribution in [2.75, 3.05) is 6.54 Å². The smallest absolute Gasteiger partial charge is 0.0408 e. The van der Waals surface area contributed by atoms with E-state index in [1.807, 2.05) is 6.07 Å². The van der Waals surface area contributed by atoms with Crippen LogP contribution in [0.1, 0.15) is 38.7 Å². The summed E-state index contributed by atoms with van der Waals surface area (Å²) in [6.07, 6.45) is 3.76. The van der Waals surface area contributed by atoms with Gasteiger partial charge in [0.25, 0.3) is 0 Å². The van der Waals surface area contributed by atoms with Crippen LogP contribution in [0, 0.1) is 0 Å². The summed E-state index contributed by atoms with van der Waals surface area (Å²) >= 11 is 6.05. The van der Waals surface area contributed by atoms with Gasteiger partial charge in [-0.1, -0.05) is 30.7 Å². The molecule has 0 aliphatic heterocycles. The quantitative estimate of drug-likeness (QED) is 0.822. The van der Waals surface area contributed by atoms with Gasteiger partial charge in [0.15, 0.2) is 0 Å². The molecule has 1 aliphatic carbocycles. The van der Waals surface area contributed by atoms with E-state index in [1.165, 1.54) is 24.8 Å². The van der Waals surface area contributed by atoms with E-state index in [-0.39, 0.29) is 0 Å². The van der Waals surface area contributed by atoms with Crippen LogP contribution >= 0.6 is 11.6 Å². The zero-order valence-corrected chi connectivity index (χ0v) is 10.8. The summed E-state index contributed by atoms with van der Waals surface area (Å²) in [5, 5.41) is 4.46. The number of hydrogen-bond acceptors (Lipinski definition) is 1. The third-order valence-electron chi connectivity index (χ3n) is 3.69. The van der Waals surface area contributed by atoms with Crippen LogP contribution in [-0.2, 0) is 5.41 Å². The highest BCUT2D eigenvalue weighted by Crippen LogP contribution is 2.48. The SMILES string of the molecule is CCC(C)NCC1(c2cccc(Cl)c2)CC1. The molecule has 2 rings (SSSR count). The van der Waals surface area contributed by atoms with Crippen molar-refractivity contribution in [3.8, 4) is 0 Å². The highest BCUT2D eigenvalue weighted by molar-refractivity contribution is 6.30. The van der Waals surface area contributed by atoms with Crippen LogP contribution in [-0.4, -0.2) is 12.6 Å². The lowest BCUT2D eigenvalue weighted by atomic mass is 9.95. The first-order valence-electron chi connectivity index (χ1n) is 6.16. The van der Waals surface area contributed by atoms with Crippen molar-refractivity contribution in [3.05, 3.63) is 34.9 Å². The zero-order valence-electron chi connectivity index (χ0n) is 10.1. The second-order valence-corrected chi connectivity index (χ2v) is 5.42. The van der Waals surface area contributed by atoms with Gasteiger partial charge in [0, 0.05) is 23.0 Å². The minimum atomic E-state index is 0.369. The van der Waals surface area contributed by atoms with E-state index in [1.54, 1.807) is 0 Å². The van der Waals surface area contributed by atoms with Crippen molar-refractivity contribution in [2.45, 2.75) is 44.6 Å². The van der Waals surface area contributed by atoms with E-state index in [4.69, 9.17) is 11.6 Å². The molecule has 0 bridgehead atoms. The summed E-state index contributed by atoms with van der Waals surface area (Å²) in [4.78, 5) is 0. The van der Waals surface area contributed by atoms with E-state index in [2.05, 4.69) is 37.4 Å². The number of halogens is 1. The first-order chi connectivity index (χ1) is 7.66.